The highest BCUT2D eigenvalue weighted by Crippen LogP contribution is 2.34. The number of nitrogens with one attached hydrogen (secondary N) is 2. The molecule has 0 unspecified atom stereocenters. The smallest absolute Gasteiger partial charge is 0.253 e. The van der Waals surface area contributed by atoms with Gasteiger partial charge in [0, 0.05) is 50.2 Å². The Balaban J connectivity index is 1.44. The zero-order valence-corrected chi connectivity index (χ0v) is 20.0. The van der Waals surface area contributed by atoms with Gasteiger partial charge >= 0.3 is 0 Å². The van der Waals surface area contributed by atoms with E-state index in [2.05, 4.69) is 37.4 Å². The highest BCUT2D eigenvalue weighted by molar-refractivity contribution is 6.36. The first-order chi connectivity index (χ1) is 16.5. The molecular weight excluding hydrogens is 457 g/mol. The molecule has 0 spiro atoms. The summed E-state index contributed by atoms with van der Waals surface area (Å²) in [5, 5.41) is 7.68. The summed E-state index contributed by atoms with van der Waals surface area (Å²) in [7, 11) is 0. The van der Waals surface area contributed by atoms with E-state index >= 15 is 0 Å². The lowest BCUT2D eigenvalue weighted by atomic mass is 9.79. The highest BCUT2D eigenvalue weighted by Gasteiger charge is 2.40. The van der Waals surface area contributed by atoms with Crippen molar-refractivity contribution in [2.24, 2.45) is 0 Å². The van der Waals surface area contributed by atoms with Crippen molar-refractivity contribution < 1.29 is 9.18 Å². The van der Waals surface area contributed by atoms with Crippen molar-refractivity contribution in [1.29, 1.82) is 0 Å². The summed E-state index contributed by atoms with van der Waals surface area (Å²) >= 11 is 6.50. The molecule has 0 bridgehead atoms. The van der Waals surface area contributed by atoms with Crippen molar-refractivity contribution in [3.8, 4) is 5.95 Å². The standard InChI is InChI=1S/C24H29ClFN7O/c1-16-13-32(10-9-27-16)24(6-3-2-4-7-24)15-31-22(34)18-14-33(23-29-11-17(26)12-30-23)21-20(18)19(25)5-8-28-21/h5,8,11-12,14,16,27H,2-4,6-7,9-10,13,15H2,1H3,(H,31,34)/t16-/m0/s1. The van der Waals surface area contributed by atoms with E-state index in [1.165, 1.54) is 19.3 Å². The summed E-state index contributed by atoms with van der Waals surface area (Å²) in [5.74, 6) is -0.531. The first kappa shape index (κ1) is 23.1. The van der Waals surface area contributed by atoms with Crippen LogP contribution in [0.4, 0.5) is 4.39 Å². The number of halogens is 2. The third-order valence-electron chi connectivity index (χ3n) is 7.10. The number of aromatic nitrogens is 4. The van der Waals surface area contributed by atoms with Crippen LogP contribution < -0.4 is 10.6 Å². The fourth-order valence-corrected chi connectivity index (χ4v) is 5.63. The van der Waals surface area contributed by atoms with Crippen molar-refractivity contribution in [3.63, 3.8) is 0 Å². The number of hydrogen-bond donors (Lipinski definition) is 2. The summed E-state index contributed by atoms with van der Waals surface area (Å²) in [4.78, 5) is 28.6. The second-order valence-corrected chi connectivity index (χ2v) is 9.78. The molecule has 180 valence electrons. The topological polar surface area (TPSA) is 88.0 Å². The minimum atomic E-state index is -0.538. The van der Waals surface area contributed by atoms with Crippen LogP contribution in [0.1, 0.15) is 49.4 Å². The molecule has 1 amide bonds. The average molecular weight is 486 g/mol. The molecule has 5 rings (SSSR count). The molecule has 3 aromatic heterocycles. The van der Waals surface area contributed by atoms with Crippen LogP contribution in [0, 0.1) is 5.82 Å². The number of hydrogen-bond acceptors (Lipinski definition) is 6. The first-order valence-electron chi connectivity index (χ1n) is 11.9. The van der Waals surface area contributed by atoms with Crippen LogP contribution in [-0.4, -0.2) is 68.1 Å². The average Bonchev–Trinajstić information content (AvgIpc) is 3.25. The number of piperazine rings is 1. The molecule has 4 heterocycles. The van der Waals surface area contributed by atoms with Gasteiger partial charge in [-0.05, 0) is 25.8 Å². The van der Waals surface area contributed by atoms with E-state index in [9.17, 15) is 9.18 Å². The largest absolute Gasteiger partial charge is 0.350 e. The van der Waals surface area contributed by atoms with Gasteiger partial charge in [-0.1, -0.05) is 30.9 Å². The molecule has 1 saturated heterocycles. The number of carbonyl (C=O) groups is 1. The van der Waals surface area contributed by atoms with Crippen LogP contribution >= 0.6 is 11.6 Å². The molecule has 34 heavy (non-hydrogen) atoms. The van der Waals surface area contributed by atoms with Crippen molar-refractivity contribution in [1.82, 2.24) is 35.1 Å². The minimum Gasteiger partial charge on any atom is -0.350 e. The van der Waals surface area contributed by atoms with Crippen LogP contribution in [-0.2, 0) is 0 Å². The first-order valence-corrected chi connectivity index (χ1v) is 12.2. The monoisotopic (exact) mass is 485 g/mol. The van der Waals surface area contributed by atoms with Crippen LogP contribution in [0.3, 0.4) is 0 Å². The SMILES string of the molecule is C[C@H]1CN(C2(CNC(=O)c3cn(-c4ncc(F)cn4)c4nccc(Cl)c34)CCCCC2)CCN1. The summed E-state index contributed by atoms with van der Waals surface area (Å²) in [6, 6.07) is 2.09. The summed E-state index contributed by atoms with van der Waals surface area (Å²) in [6.45, 7) is 5.71. The van der Waals surface area contributed by atoms with E-state index < -0.39 is 5.82 Å². The summed E-state index contributed by atoms with van der Waals surface area (Å²) in [5.41, 5.74) is 0.818. The molecule has 2 aliphatic rings. The van der Waals surface area contributed by atoms with E-state index in [4.69, 9.17) is 11.6 Å². The predicted molar refractivity (Wildman–Crippen MR) is 129 cm³/mol. The molecule has 1 atom stereocenters. The lowest BCUT2D eigenvalue weighted by Gasteiger charge is -2.49. The van der Waals surface area contributed by atoms with Crippen molar-refractivity contribution >= 4 is 28.5 Å². The van der Waals surface area contributed by atoms with E-state index in [0.29, 0.717) is 34.2 Å². The Morgan fingerprint density at radius 2 is 2.03 bits per heavy atom. The Labute approximate surface area is 202 Å². The van der Waals surface area contributed by atoms with Gasteiger partial charge in [0.15, 0.2) is 5.82 Å². The summed E-state index contributed by atoms with van der Waals surface area (Å²) in [6.07, 6.45) is 11.1. The molecule has 0 radical (unpaired) electrons. The maximum absolute atomic E-state index is 13.5. The van der Waals surface area contributed by atoms with Crippen LogP contribution in [0.5, 0.6) is 0 Å². The van der Waals surface area contributed by atoms with Crippen LogP contribution in [0.2, 0.25) is 5.02 Å². The van der Waals surface area contributed by atoms with Gasteiger partial charge in [0.05, 0.1) is 28.4 Å². The second-order valence-electron chi connectivity index (χ2n) is 9.37. The molecule has 10 heteroatoms. The van der Waals surface area contributed by atoms with E-state index in [1.54, 1.807) is 23.0 Å². The molecule has 2 N–H and O–H groups in total. The molecule has 1 saturated carbocycles. The molecule has 3 aromatic rings. The molecule has 1 aliphatic carbocycles. The Hall–Kier alpha value is -2.62. The number of nitrogens with zero attached hydrogens (tertiary/aromatic N) is 5. The van der Waals surface area contributed by atoms with Gasteiger partial charge < -0.3 is 10.6 Å². The minimum absolute atomic E-state index is 0.0370. The van der Waals surface area contributed by atoms with E-state index in [-0.39, 0.29) is 17.4 Å². The van der Waals surface area contributed by atoms with Crippen molar-refractivity contribution in [2.75, 3.05) is 26.2 Å². The van der Waals surface area contributed by atoms with Crippen molar-refractivity contribution in [3.05, 3.63) is 47.3 Å². The van der Waals surface area contributed by atoms with Gasteiger partial charge in [0.2, 0.25) is 5.95 Å². The molecule has 8 nitrogen and oxygen atoms in total. The van der Waals surface area contributed by atoms with Gasteiger partial charge in [0.25, 0.3) is 5.91 Å². The van der Waals surface area contributed by atoms with Gasteiger partial charge in [-0.3, -0.25) is 14.3 Å². The van der Waals surface area contributed by atoms with Gasteiger partial charge in [-0.25, -0.2) is 19.3 Å². The molecular formula is C24H29ClFN7O. The third-order valence-corrected chi connectivity index (χ3v) is 7.42. The van der Waals surface area contributed by atoms with E-state index in [1.807, 2.05) is 0 Å². The number of rotatable bonds is 5. The number of pyridine rings is 1. The maximum Gasteiger partial charge on any atom is 0.253 e. The molecule has 2 fully saturated rings. The fraction of sp³-hybridized carbons (Fsp3) is 0.500. The zero-order chi connectivity index (χ0) is 23.7. The quantitative estimate of drug-likeness (QED) is 0.576. The summed E-state index contributed by atoms with van der Waals surface area (Å²) < 4.78 is 14.9. The van der Waals surface area contributed by atoms with Gasteiger partial charge in [-0.15, -0.1) is 0 Å². The number of amides is 1. The van der Waals surface area contributed by atoms with Crippen LogP contribution in [0.25, 0.3) is 17.0 Å². The second kappa shape index (κ2) is 9.56. The lowest BCUT2D eigenvalue weighted by molar-refractivity contribution is 0.0273. The predicted octanol–water partition coefficient (Wildman–Crippen LogP) is 3.33. The Morgan fingerprint density at radius 3 is 2.76 bits per heavy atom. The Bertz CT molecular complexity index is 1180. The Kier molecular flexibility index (Phi) is 6.50. The Morgan fingerprint density at radius 1 is 1.26 bits per heavy atom. The van der Waals surface area contributed by atoms with Crippen molar-refractivity contribution in [2.45, 2.75) is 50.6 Å². The maximum atomic E-state index is 13.5. The number of fused-ring (bicyclic) bond motifs is 1. The highest BCUT2D eigenvalue weighted by atomic mass is 35.5. The number of carbonyl (C=O) groups excluding carboxylic acids is 1. The van der Waals surface area contributed by atoms with E-state index in [0.717, 1.165) is 44.9 Å². The fourth-order valence-electron chi connectivity index (χ4n) is 5.39. The van der Waals surface area contributed by atoms with Crippen LogP contribution in [0.15, 0.2) is 30.9 Å². The van der Waals surface area contributed by atoms with Gasteiger partial charge in [0.1, 0.15) is 5.65 Å². The zero-order valence-electron chi connectivity index (χ0n) is 19.2. The third kappa shape index (κ3) is 4.39. The van der Waals surface area contributed by atoms with Gasteiger partial charge in [-0.2, -0.15) is 0 Å². The molecule has 0 aromatic carbocycles. The normalized spacial score (nSPS) is 21.0. The lowest BCUT2D eigenvalue weighted by Crippen LogP contribution is -2.63. The molecule has 1 aliphatic heterocycles.